The molecule has 0 bridgehead atoms. The van der Waals surface area contributed by atoms with Gasteiger partial charge in [-0.1, -0.05) is 0 Å². The van der Waals surface area contributed by atoms with Crippen LogP contribution in [0.25, 0.3) is 0 Å². The Bertz CT molecular complexity index is 96.4. The van der Waals surface area contributed by atoms with E-state index in [2.05, 4.69) is 29.9 Å². The smallest absolute Gasteiger partial charge is 0.119 e. The molecule has 1 rings (SSSR count). The van der Waals surface area contributed by atoms with E-state index in [1.165, 1.54) is 0 Å². The molecule has 2 unspecified atom stereocenters. The number of hydrazine groups is 1. The van der Waals surface area contributed by atoms with Gasteiger partial charge >= 0.3 is 0 Å². The predicted molar refractivity (Wildman–Crippen MR) is 40.9 cm³/mol. The summed E-state index contributed by atoms with van der Waals surface area (Å²) in [5, 5.41) is 2.04. The molecule has 0 radical (unpaired) electrons. The Balaban J connectivity index is 2.54. The van der Waals surface area contributed by atoms with Crippen LogP contribution in [0.4, 0.5) is 0 Å². The molecule has 2 atom stereocenters. The Hall–Kier alpha value is 0.230. The molecular weight excluding hydrogens is 134 g/mol. The lowest BCUT2D eigenvalue weighted by Gasteiger charge is -2.18. The van der Waals surface area contributed by atoms with Crippen molar-refractivity contribution < 1.29 is 0 Å². The van der Waals surface area contributed by atoms with Crippen LogP contribution < -0.4 is 5.43 Å². The molecule has 1 saturated heterocycles. The van der Waals surface area contributed by atoms with Gasteiger partial charge in [-0.15, -0.1) is 12.6 Å². The van der Waals surface area contributed by atoms with Gasteiger partial charge in [0.15, 0.2) is 0 Å². The van der Waals surface area contributed by atoms with E-state index in [0.717, 1.165) is 0 Å². The van der Waals surface area contributed by atoms with Crippen molar-refractivity contribution in [2.24, 2.45) is 0 Å². The maximum atomic E-state index is 4.28. The first-order valence-corrected chi connectivity index (χ1v) is 3.53. The minimum Gasteiger partial charge on any atom is -0.265 e. The largest absolute Gasteiger partial charge is 0.265 e. The maximum absolute atomic E-state index is 4.28. The third kappa shape index (κ3) is 1.21. The summed E-state index contributed by atoms with van der Waals surface area (Å²) in [6, 6.07) is 0. The standard InChI is InChI=1S/C5H13N3S/c1-4-7(2)5(9)6-8(4)3/h4-6,9H,1-3H3. The number of nitrogens with one attached hydrogen (secondary N) is 1. The van der Waals surface area contributed by atoms with Crippen molar-refractivity contribution in [2.45, 2.75) is 18.6 Å². The van der Waals surface area contributed by atoms with E-state index in [-0.39, 0.29) is 5.50 Å². The monoisotopic (exact) mass is 147 g/mol. The van der Waals surface area contributed by atoms with Crippen LogP contribution in [0.5, 0.6) is 0 Å². The fourth-order valence-corrected chi connectivity index (χ4v) is 1.23. The number of rotatable bonds is 0. The van der Waals surface area contributed by atoms with E-state index in [1.54, 1.807) is 0 Å². The first-order valence-electron chi connectivity index (χ1n) is 3.02. The average molecular weight is 147 g/mol. The fraction of sp³-hybridized carbons (Fsp3) is 1.00. The maximum Gasteiger partial charge on any atom is 0.119 e. The Morgan fingerprint density at radius 2 is 2.00 bits per heavy atom. The van der Waals surface area contributed by atoms with Gasteiger partial charge in [-0.05, 0) is 14.0 Å². The van der Waals surface area contributed by atoms with Crippen LogP contribution in [0.2, 0.25) is 0 Å². The lowest BCUT2D eigenvalue weighted by atomic mass is 10.5. The Morgan fingerprint density at radius 3 is 2.11 bits per heavy atom. The summed E-state index contributed by atoms with van der Waals surface area (Å²) in [7, 11) is 4.05. The van der Waals surface area contributed by atoms with Gasteiger partial charge in [0, 0.05) is 7.05 Å². The normalized spacial score (nSPS) is 40.0. The lowest BCUT2D eigenvalue weighted by molar-refractivity contribution is 0.183. The van der Waals surface area contributed by atoms with E-state index in [0.29, 0.717) is 6.17 Å². The van der Waals surface area contributed by atoms with E-state index < -0.39 is 0 Å². The van der Waals surface area contributed by atoms with Crippen molar-refractivity contribution in [1.29, 1.82) is 0 Å². The Morgan fingerprint density at radius 1 is 1.44 bits per heavy atom. The van der Waals surface area contributed by atoms with Crippen molar-refractivity contribution in [2.75, 3.05) is 14.1 Å². The highest BCUT2D eigenvalue weighted by Crippen LogP contribution is 2.12. The summed E-state index contributed by atoms with van der Waals surface area (Å²) in [5.74, 6) is 0. The first-order chi connectivity index (χ1) is 4.13. The highest BCUT2D eigenvalue weighted by Gasteiger charge is 2.27. The SMILES string of the molecule is CC1N(C)NC(S)N1C. The van der Waals surface area contributed by atoms with Gasteiger partial charge in [0.25, 0.3) is 0 Å². The van der Waals surface area contributed by atoms with Crippen molar-refractivity contribution in [3.8, 4) is 0 Å². The summed E-state index contributed by atoms with van der Waals surface area (Å²) in [6.45, 7) is 2.13. The molecule has 4 heteroatoms. The van der Waals surface area contributed by atoms with E-state index in [4.69, 9.17) is 0 Å². The van der Waals surface area contributed by atoms with Crippen LogP contribution in [0, 0.1) is 0 Å². The number of hydrogen-bond donors (Lipinski definition) is 2. The summed E-state index contributed by atoms with van der Waals surface area (Å²) < 4.78 is 0. The highest BCUT2D eigenvalue weighted by molar-refractivity contribution is 7.80. The minimum absolute atomic E-state index is 0.171. The molecule has 0 aromatic carbocycles. The van der Waals surface area contributed by atoms with Gasteiger partial charge in [0.2, 0.25) is 0 Å². The van der Waals surface area contributed by atoms with Crippen molar-refractivity contribution >= 4 is 12.6 Å². The average Bonchev–Trinajstić information content (AvgIpc) is 1.98. The lowest BCUT2D eigenvalue weighted by Crippen LogP contribution is -2.33. The summed E-state index contributed by atoms with van der Waals surface area (Å²) >= 11 is 4.28. The second kappa shape index (κ2) is 2.46. The molecule has 1 aliphatic rings. The van der Waals surface area contributed by atoms with Crippen LogP contribution in [-0.4, -0.2) is 35.7 Å². The van der Waals surface area contributed by atoms with Gasteiger partial charge in [-0.2, -0.15) is 0 Å². The van der Waals surface area contributed by atoms with Crippen molar-refractivity contribution in [3.63, 3.8) is 0 Å². The topological polar surface area (TPSA) is 18.5 Å². The molecule has 1 heterocycles. The second-order valence-electron chi connectivity index (χ2n) is 2.41. The summed E-state index contributed by atoms with van der Waals surface area (Å²) in [4.78, 5) is 2.14. The summed E-state index contributed by atoms with van der Waals surface area (Å²) in [6.07, 6.45) is 0.437. The molecule has 0 aromatic rings. The molecule has 0 saturated carbocycles. The van der Waals surface area contributed by atoms with Crippen molar-refractivity contribution in [3.05, 3.63) is 0 Å². The predicted octanol–water partition coefficient (Wildman–Crippen LogP) is -0.0724. The molecule has 0 amide bonds. The first kappa shape index (κ1) is 7.34. The Kier molecular flexibility index (Phi) is 2.00. The second-order valence-corrected chi connectivity index (χ2v) is 2.90. The number of nitrogens with zero attached hydrogens (tertiary/aromatic N) is 2. The van der Waals surface area contributed by atoms with Gasteiger partial charge in [0.1, 0.15) is 5.50 Å². The molecule has 0 aromatic heterocycles. The molecule has 9 heavy (non-hydrogen) atoms. The van der Waals surface area contributed by atoms with Crippen LogP contribution in [0.3, 0.4) is 0 Å². The van der Waals surface area contributed by atoms with E-state index >= 15 is 0 Å². The third-order valence-corrected chi connectivity index (χ3v) is 2.33. The zero-order valence-electron chi connectivity index (χ0n) is 6.00. The zero-order valence-corrected chi connectivity index (χ0v) is 6.89. The van der Waals surface area contributed by atoms with Gasteiger partial charge < -0.3 is 0 Å². The van der Waals surface area contributed by atoms with Gasteiger partial charge in [-0.3, -0.25) is 4.90 Å². The van der Waals surface area contributed by atoms with E-state index in [1.807, 2.05) is 19.1 Å². The molecule has 54 valence electrons. The highest BCUT2D eigenvalue weighted by atomic mass is 32.1. The quantitative estimate of drug-likeness (QED) is 0.468. The minimum atomic E-state index is 0.171. The van der Waals surface area contributed by atoms with E-state index in [9.17, 15) is 0 Å². The van der Waals surface area contributed by atoms with Gasteiger partial charge in [0.05, 0.1) is 6.17 Å². The van der Waals surface area contributed by atoms with Crippen LogP contribution >= 0.6 is 12.6 Å². The third-order valence-electron chi connectivity index (χ3n) is 1.85. The van der Waals surface area contributed by atoms with Crippen LogP contribution in [-0.2, 0) is 0 Å². The zero-order chi connectivity index (χ0) is 7.02. The van der Waals surface area contributed by atoms with Crippen molar-refractivity contribution in [1.82, 2.24) is 15.3 Å². The molecule has 0 aliphatic carbocycles. The fourth-order valence-electron chi connectivity index (χ4n) is 0.859. The van der Waals surface area contributed by atoms with Crippen LogP contribution in [0.15, 0.2) is 0 Å². The number of hydrogen-bond acceptors (Lipinski definition) is 4. The molecule has 3 nitrogen and oxygen atoms in total. The molecule has 0 spiro atoms. The van der Waals surface area contributed by atoms with Crippen LogP contribution in [0.1, 0.15) is 6.92 Å². The Labute approximate surface area is 61.4 Å². The number of thiol groups is 1. The molecule has 1 N–H and O–H groups in total. The molecular formula is C5H13N3S. The summed E-state index contributed by atoms with van der Waals surface area (Å²) in [5.41, 5.74) is 3.31. The molecule has 1 fully saturated rings. The van der Waals surface area contributed by atoms with Gasteiger partial charge in [-0.25, -0.2) is 10.4 Å². The molecule has 1 aliphatic heterocycles.